The first-order valence-corrected chi connectivity index (χ1v) is 19.4. The van der Waals surface area contributed by atoms with Gasteiger partial charge in [0, 0.05) is 29.1 Å². The molecule has 0 bridgehead atoms. The van der Waals surface area contributed by atoms with Gasteiger partial charge in [0.25, 0.3) is 0 Å². The zero-order valence-electron chi connectivity index (χ0n) is 33.1. The van der Waals surface area contributed by atoms with Gasteiger partial charge >= 0.3 is 0 Å². The summed E-state index contributed by atoms with van der Waals surface area (Å²) in [5.74, 6) is 0.689. The third-order valence-corrected chi connectivity index (χ3v) is 10.9. The van der Waals surface area contributed by atoms with Gasteiger partial charge in [-0.1, -0.05) is 145 Å². The first-order chi connectivity index (χ1) is 27.2. The standard InChI is InChI=1S/C53H47N3/c1-35-30-37(3)50(38(4)31-35)52(51-39(5)32-36(2)33-40(51)6)43-24-26-45(27-25-43)56(53-54-29-28-49(55-53)42-18-11-8-12-19-42)46-21-15-20-44(34-46)48-23-14-13-22-47(48)41-16-9-7-10-17-41/h7-34,52H,1-6H3. The summed E-state index contributed by atoms with van der Waals surface area (Å²) in [5.41, 5.74) is 20.4. The Morgan fingerprint density at radius 2 is 0.929 bits per heavy atom. The van der Waals surface area contributed by atoms with Gasteiger partial charge < -0.3 is 0 Å². The minimum Gasteiger partial charge on any atom is -0.279 e. The fourth-order valence-corrected chi connectivity index (χ4v) is 8.61. The van der Waals surface area contributed by atoms with Gasteiger partial charge in [-0.25, -0.2) is 9.97 Å². The molecule has 3 heteroatoms. The van der Waals surface area contributed by atoms with Crippen molar-refractivity contribution in [1.82, 2.24) is 9.97 Å². The van der Waals surface area contributed by atoms with E-state index in [-0.39, 0.29) is 5.92 Å². The van der Waals surface area contributed by atoms with Crippen LogP contribution in [0.4, 0.5) is 17.3 Å². The molecule has 0 aliphatic carbocycles. The van der Waals surface area contributed by atoms with E-state index >= 15 is 0 Å². The van der Waals surface area contributed by atoms with Gasteiger partial charge in [-0.2, -0.15) is 0 Å². The molecule has 1 heterocycles. The van der Waals surface area contributed by atoms with Crippen LogP contribution in [0.25, 0.3) is 33.5 Å². The molecule has 0 amide bonds. The Bertz CT molecular complexity index is 2540. The van der Waals surface area contributed by atoms with Crippen molar-refractivity contribution in [2.75, 3.05) is 4.90 Å². The second-order valence-corrected chi connectivity index (χ2v) is 15.1. The predicted molar refractivity (Wildman–Crippen MR) is 235 cm³/mol. The SMILES string of the molecule is Cc1cc(C)c(C(c2ccc(N(c3cccc(-c4ccccc4-c4ccccc4)c3)c3nccc(-c4ccccc4)n3)cc2)c2c(C)cc(C)cc2C)c(C)c1. The number of hydrogen-bond donors (Lipinski definition) is 0. The van der Waals surface area contributed by atoms with Crippen LogP contribution in [-0.4, -0.2) is 9.97 Å². The highest BCUT2D eigenvalue weighted by Gasteiger charge is 2.25. The van der Waals surface area contributed by atoms with Crippen molar-refractivity contribution in [1.29, 1.82) is 0 Å². The van der Waals surface area contributed by atoms with Crippen LogP contribution in [0.5, 0.6) is 0 Å². The van der Waals surface area contributed by atoms with Crippen LogP contribution in [0.1, 0.15) is 56.0 Å². The second-order valence-electron chi connectivity index (χ2n) is 15.1. The Hall–Kier alpha value is -6.58. The molecule has 0 saturated heterocycles. The maximum absolute atomic E-state index is 5.19. The molecule has 3 nitrogen and oxygen atoms in total. The van der Waals surface area contributed by atoms with E-state index in [1.165, 1.54) is 66.8 Å². The van der Waals surface area contributed by atoms with E-state index in [9.17, 15) is 0 Å². The number of aromatic nitrogens is 2. The number of aryl methyl sites for hydroxylation is 6. The summed E-state index contributed by atoms with van der Waals surface area (Å²) in [5, 5.41) is 0. The average Bonchev–Trinajstić information content (AvgIpc) is 3.21. The van der Waals surface area contributed by atoms with E-state index in [2.05, 4.69) is 186 Å². The number of anilines is 3. The summed E-state index contributed by atoms with van der Waals surface area (Å²) in [6, 6.07) is 58.7. The summed E-state index contributed by atoms with van der Waals surface area (Å²) >= 11 is 0. The Balaban J connectivity index is 1.29. The maximum atomic E-state index is 5.19. The largest absolute Gasteiger partial charge is 0.279 e. The lowest BCUT2D eigenvalue weighted by Gasteiger charge is -2.28. The lowest BCUT2D eigenvalue weighted by molar-refractivity contribution is 0.919. The van der Waals surface area contributed by atoms with Crippen molar-refractivity contribution in [3.05, 3.63) is 220 Å². The fourth-order valence-electron chi connectivity index (χ4n) is 8.61. The quantitative estimate of drug-likeness (QED) is 0.139. The van der Waals surface area contributed by atoms with Gasteiger partial charge in [-0.05, 0) is 133 Å². The van der Waals surface area contributed by atoms with Gasteiger partial charge in [0.15, 0.2) is 0 Å². The number of nitrogens with zero attached hydrogens (tertiary/aromatic N) is 3. The Kier molecular flexibility index (Phi) is 10.2. The van der Waals surface area contributed by atoms with Crippen molar-refractivity contribution in [3.63, 3.8) is 0 Å². The van der Waals surface area contributed by atoms with Crippen LogP contribution in [0.15, 0.2) is 170 Å². The maximum Gasteiger partial charge on any atom is 0.235 e. The first kappa shape index (κ1) is 36.4. The Labute approximate surface area is 332 Å². The van der Waals surface area contributed by atoms with Crippen LogP contribution in [0, 0.1) is 41.5 Å². The topological polar surface area (TPSA) is 29.0 Å². The van der Waals surface area contributed by atoms with Gasteiger partial charge in [0.2, 0.25) is 5.95 Å². The molecule has 0 atom stereocenters. The number of rotatable bonds is 9. The van der Waals surface area contributed by atoms with Crippen molar-refractivity contribution < 1.29 is 0 Å². The van der Waals surface area contributed by atoms with Crippen LogP contribution in [0.3, 0.4) is 0 Å². The molecular formula is C53H47N3. The molecule has 0 aliphatic heterocycles. The van der Waals surface area contributed by atoms with E-state index in [0.717, 1.165) is 28.2 Å². The normalized spacial score (nSPS) is 11.2. The highest BCUT2D eigenvalue weighted by molar-refractivity contribution is 5.86. The smallest absolute Gasteiger partial charge is 0.235 e. The molecule has 0 saturated carbocycles. The summed E-state index contributed by atoms with van der Waals surface area (Å²) in [4.78, 5) is 12.3. The minimum atomic E-state index is 0.0779. The summed E-state index contributed by atoms with van der Waals surface area (Å²) in [6.07, 6.45) is 1.86. The van der Waals surface area contributed by atoms with E-state index < -0.39 is 0 Å². The molecular weight excluding hydrogens is 679 g/mol. The summed E-state index contributed by atoms with van der Waals surface area (Å²) < 4.78 is 0. The fraction of sp³-hybridized carbons (Fsp3) is 0.132. The molecule has 56 heavy (non-hydrogen) atoms. The molecule has 8 aromatic rings. The molecule has 0 unspecified atom stereocenters. The van der Waals surface area contributed by atoms with Gasteiger partial charge in [-0.15, -0.1) is 0 Å². The predicted octanol–water partition coefficient (Wildman–Crippen LogP) is 14.0. The van der Waals surface area contributed by atoms with E-state index in [1.807, 2.05) is 30.5 Å². The van der Waals surface area contributed by atoms with E-state index in [0.29, 0.717) is 5.95 Å². The van der Waals surface area contributed by atoms with Crippen molar-refractivity contribution in [3.8, 4) is 33.5 Å². The first-order valence-electron chi connectivity index (χ1n) is 19.4. The lowest BCUT2D eigenvalue weighted by Crippen LogP contribution is -2.15. The molecule has 0 spiro atoms. The van der Waals surface area contributed by atoms with Crippen LogP contribution >= 0.6 is 0 Å². The van der Waals surface area contributed by atoms with E-state index in [1.54, 1.807) is 0 Å². The minimum absolute atomic E-state index is 0.0779. The summed E-state index contributed by atoms with van der Waals surface area (Å²) in [6.45, 7) is 13.4. The molecule has 0 radical (unpaired) electrons. The van der Waals surface area contributed by atoms with E-state index in [4.69, 9.17) is 9.97 Å². The van der Waals surface area contributed by atoms with Crippen LogP contribution in [0.2, 0.25) is 0 Å². The Morgan fingerprint density at radius 1 is 0.429 bits per heavy atom. The Morgan fingerprint density at radius 3 is 1.50 bits per heavy atom. The molecule has 7 aromatic carbocycles. The highest BCUT2D eigenvalue weighted by atomic mass is 15.3. The highest BCUT2D eigenvalue weighted by Crippen LogP contribution is 2.42. The number of benzene rings is 7. The van der Waals surface area contributed by atoms with Crippen molar-refractivity contribution >= 4 is 17.3 Å². The van der Waals surface area contributed by atoms with Crippen LogP contribution < -0.4 is 4.90 Å². The number of hydrogen-bond acceptors (Lipinski definition) is 3. The van der Waals surface area contributed by atoms with Crippen LogP contribution in [-0.2, 0) is 0 Å². The molecule has 8 rings (SSSR count). The average molecular weight is 726 g/mol. The summed E-state index contributed by atoms with van der Waals surface area (Å²) in [7, 11) is 0. The lowest BCUT2D eigenvalue weighted by atomic mass is 9.77. The molecule has 0 N–H and O–H groups in total. The molecule has 1 aromatic heterocycles. The second kappa shape index (κ2) is 15.6. The zero-order chi connectivity index (χ0) is 38.8. The third-order valence-electron chi connectivity index (χ3n) is 10.9. The zero-order valence-corrected chi connectivity index (χ0v) is 33.1. The van der Waals surface area contributed by atoms with Crippen molar-refractivity contribution in [2.24, 2.45) is 0 Å². The van der Waals surface area contributed by atoms with Gasteiger partial charge in [0.05, 0.1) is 5.69 Å². The van der Waals surface area contributed by atoms with Gasteiger partial charge in [-0.3, -0.25) is 4.90 Å². The van der Waals surface area contributed by atoms with Gasteiger partial charge in [0.1, 0.15) is 0 Å². The van der Waals surface area contributed by atoms with Crippen molar-refractivity contribution in [2.45, 2.75) is 47.5 Å². The molecule has 0 aliphatic rings. The molecule has 274 valence electrons. The third kappa shape index (κ3) is 7.29. The molecule has 0 fully saturated rings. The monoisotopic (exact) mass is 725 g/mol.